The van der Waals surface area contributed by atoms with Crippen molar-refractivity contribution in [2.24, 2.45) is 35.5 Å². The third-order valence-corrected chi connectivity index (χ3v) is 7.02. The van der Waals surface area contributed by atoms with Gasteiger partial charge in [0.2, 0.25) is 0 Å². The van der Waals surface area contributed by atoms with Crippen LogP contribution >= 0.6 is 0 Å². The van der Waals surface area contributed by atoms with E-state index in [1.54, 1.807) is 0 Å². The molecule has 0 bridgehead atoms. The van der Waals surface area contributed by atoms with Crippen molar-refractivity contribution in [2.75, 3.05) is 0 Å². The van der Waals surface area contributed by atoms with E-state index in [0.29, 0.717) is 38.5 Å². The molecule has 0 aromatic carbocycles. The molecule has 3 aliphatic carbocycles. The second-order valence-electron chi connectivity index (χ2n) is 9.22. The summed E-state index contributed by atoms with van der Waals surface area (Å²) >= 11 is 0. The van der Waals surface area contributed by atoms with Gasteiger partial charge in [-0.25, -0.2) is 0 Å². The molecule has 0 aromatic heterocycles. The molecular weight excluding hydrogens is 483 g/mol. The molecule has 0 saturated heterocycles. The van der Waals surface area contributed by atoms with Gasteiger partial charge in [-0.15, -0.1) is 0 Å². The van der Waals surface area contributed by atoms with Crippen molar-refractivity contribution in [3.05, 3.63) is 0 Å². The Bertz CT molecular complexity index is 604. The van der Waals surface area contributed by atoms with E-state index in [1.165, 1.54) is 20.8 Å². The first-order valence-corrected chi connectivity index (χ1v) is 11.5. The van der Waals surface area contributed by atoms with E-state index in [2.05, 4.69) is 0 Å². The van der Waals surface area contributed by atoms with Gasteiger partial charge in [0, 0.05) is 53.4 Å². The normalized spacial score (nSPS) is 29.4. The summed E-state index contributed by atoms with van der Waals surface area (Å²) in [6.45, 7) is 4.35. The van der Waals surface area contributed by atoms with Gasteiger partial charge in [0.05, 0.1) is 0 Å². The van der Waals surface area contributed by atoms with Gasteiger partial charge in [-0.2, -0.15) is 0 Å². The van der Waals surface area contributed by atoms with Crippen molar-refractivity contribution in [1.29, 1.82) is 0 Å². The summed E-state index contributed by atoms with van der Waals surface area (Å²) in [7, 11) is 0. The Morgan fingerprint density at radius 3 is 0.735 bits per heavy atom. The van der Waals surface area contributed by atoms with Gasteiger partial charge in [0.15, 0.2) is 0 Å². The maximum atomic E-state index is 10.9. The minimum absolute atomic E-state index is 0. The predicted octanol–water partition coefficient (Wildman–Crippen LogP) is -0.778. The second kappa shape index (κ2) is 15.1. The fourth-order valence-electron chi connectivity index (χ4n) is 5.19. The zero-order valence-corrected chi connectivity index (χ0v) is 21.3. The Balaban J connectivity index is 0.000000473. The second-order valence-corrected chi connectivity index (χ2v) is 9.22. The van der Waals surface area contributed by atoms with Crippen molar-refractivity contribution in [2.45, 2.75) is 78.6 Å². The number of rotatable bonds is 6. The number of aliphatic carboxylic acids is 3. The number of carbonyl (C=O) groups excluding carboxylic acids is 6. The van der Waals surface area contributed by atoms with E-state index in [0.717, 1.165) is 19.3 Å². The molecule has 3 aliphatic rings. The Labute approximate surface area is 211 Å². The number of carboxylic acid groups (broad SMARTS) is 3. The first-order valence-electron chi connectivity index (χ1n) is 11.5. The molecule has 9 nitrogen and oxygen atoms in total. The number of hydrogen-bond acceptors (Lipinski definition) is 9. The molecule has 0 amide bonds. The average molecular weight is 516 g/mol. The molecule has 0 N–H and O–H groups in total. The van der Waals surface area contributed by atoms with Crippen LogP contribution in [0.2, 0.25) is 0 Å². The minimum atomic E-state index is -1.07. The first kappa shape index (κ1) is 32.0. The molecular formula is C24H33O9V. The molecule has 0 radical (unpaired) electrons. The number of hydrogen-bond donors (Lipinski definition) is 0. The molecule has 0 aliphatic heterocycles. The maximum absolute atomic E-state index is 10.9. The SMILES string of the molecule is CC(=O)C1CCCC1C(=O)[O-].CC(=O)C1CCCC1C(=O)[O-].CC(=O)C1CCCC1C(=O)[O-].[V+3]. The summed E-state index contributed by atoms with van der Waals surface area (Å²) in [5.74, 6) is -5.65. The minimum Gasteiger partial charge on any atom is -0.550 e. The molecule has 6 unspecified atom stereocenters. The predicted molar refractivity (Wildman–Crippen MR) is 110 cm³/mol. The Kier molecular flexibility index (Phi) is 14.2. The van der Waals surface area contributed by atoms with Gasteiger partial charge in [0.25, 0.3) is 0 Å². The molecule has 34 heavy (non-hydrogen) atoms. The van der Waals surface area contributed by atoms with Crippen LogP contribution in [-0.4, -0.2) is 35.3 Å². The van der Waals surface area contributed by atoms with Crippen LogP contribution in [0.25, 0.3) is 0 Å². The number of carboxylic acids is 3. The van der Waals surface area contributed by atoms with Crippen LogP contribution in [0.5, 0.6) is 0 Å². The van der Waals surface area contributed by atoms with Crippen LogP contribution < -0.4 is 15.3 Å². The third kappa shape index (κ3) is 9.33. The molecule has 0 aromatic rings. The van der Waals surface area contributed by atoms with Crippen molar-refractivity contribution in [3.8, 4) is 0 Å². The fourth-order valence-corrected chi connectivity index (χ4v) is 5.19. The van der Waals surface area contributed by atoms with E-state index in [4.69, 9.17) is 0 Å². The van der Waals surface area contributed by atoms with Crippen LogP contribution in [0.3, 0.4) is 0 Å². The van der Waals surface area contributed by atoms with Crippen LogP contribution in [0.1, 0.15) is 78.6 Å². The van der Waals surface area contributed by atoms with Crippen molar-refractivity contribution in [3.63, 3.8) is 0 Å². The summed E-state index contributed by atoms with van der Waals surface area (Å²) < 4.78 is 0. The molecule has 3 rings (SSSR count). The van der Waals surface area contributed by atoms with Crippen LogP contribution in [0.15, 0.2) is 0 Å². The summed E-state index contributed by atoms with van der Waals surface area (Å²) in [4.78, 5) is 64.0. The molecule has 6 atom stereocenters. The average Bonchev–Trinajstić information content (AvgIpc) is 3.48. The molecule has 188 valence electrons. The maximum Gasteiger partial charge on any atom is 3.00 e. The molecule has 0 heterocycles. The third-order valence-electron chi connectivity index (χ3n) is 7.02. The van der Waals surface area contributed by atoms with Crippen LogP contribution in [0.4, 0.5) is 0 Å². The van der Waals surface area contributed by atoms with Gasteiger partial charge in [-0.05, 0) is 59.3 Å². The Hall–Kier alpha value is -2.00. The summed E-state index contributed by atoms with van der Waals surface area (Å²) in [5, 5.41) is 31.4. The largest absolute Gasteiger partial charge is 3.00 e. The summed E-state index contributed by atoms with van der Waals surface area (Å²) in [5.41, 5.74) is 0. The quantitative estimate of drug-likeness (QED) is 0.439. The van der Waals surface area contributed by atoms with Crippen molar-refractivity contribution in [1.82, 2.24) is 0 Å². The molecule has 10 heteroatoms. The summed E-state index contributed by atoms with van der Waals surface area (Å²) in [6.07, 6.45) is 6.47. The topological polar surface area (TPSA) is 172 Å². The van der Waals surface area contributed by atoms with E-state index < -0.39 is 35.7 Å². The van der Waals surface area contributed by atoms with Crippen molar-refractivity contribution >= 4 is 35.3 Å². The van der Waals surface area contributed by atoms with Gasteiger partial charge in [-0.1, -0.05) is 19.3 Å². The van der Waals surface area contributed by atoms with Crippen LogP contribution in [-0.2, 0) is 47.3 Å². The Morgan fingerprint density at radius 2 is 0.618 bits per heavy atom. The van der Waals surface area contributed by atoms with E-state index in [9.17, 15) is 44.1 Å². The summed E-state index contributed by atoms with van der Waals surface area (Å²) in [6, 6.07) is 0. The van der Waals surface area contributed by atoms with E-state index >= 15 is 0 Å². The molecule has 3 fully saturated rings. The zero-order valence-electron chi connectivity index (χ0n) is 19.9. The standard InChI is InChI=1S/3C8H12O3.V/c3*1-5(9)6-3-2-4-7(6)8(10)11;/h3*6-7H,2-4H2,1H3,(H,10,11);/q;;;+3/p-3. The number of ketones is 3. The van der Waals surface area contributed by atoms with Gasteiger partial charge >= 0.3 is 18.6 Å². The zero-order chi connectivity index (χ0) is 25.3. The smallest absolute Gasteiger partial charge is 0.550 e. The van der Waals surface area contributed by atoms with Gasteiger partial charge < -0.3 is 29.7 Å². The first-order chi connectivity index (χ1) is 15.4. The van der Waals surface area contributed by atoms with E-state index in [-0.39, 0.29) is 53.7 Å². The van der Waals surface area contributed by atoms with Gasteiger partial charge in [-0.3, -0.25) is 14.4 Å². The van der Waals surface area contributed by atoms with Crippen molar-refractivity contribution < 1.29 is 62.6 Å². The van der Waals surface area contributed by atoms with Gasteiger partial charge in [0.1, 0.15) is 17.3 Å². The number of carbonyl (C=O) groups is 6. The monoisotopic (exact) mass is 516 g/mol. The number of Topliss-reactive ketones (excluding diaryl/α,β-unsaturated/α-hetero) is 3. The molecule has 3 saturated carbocycles. The van der Waals surface area contributed by atoms with E-state index in [1.807, 2.05) is 0 Å². The van der Waals surface area contributed by atoms with Crippen LogP contribution in [0, 0.1) is 35.5 Å². The fraction of sp³-hybridized carbons (Fsp3) is 0.750. The molecule has 0 spiro atoms. The Morgan fingerprint density at radius 1 is 0.441 bits per heavy atom.